The Morgan fingerprint density at radius 1 is 1.19 bits per heavy atom. The van der Waals surface area contributed by atoms with Crippen LogP contribution in [-0.2, 0) is 4.79 Å². The molecule has 2 rings (SSSR count). The smallest absolute Gasteiger partial charge is 0.324 e. The molecule has 0 spiro atoms. The number of imide groups is 1. The summed E-state index contributed by atoms with van der Waals surface area (Å²) in [5, 5.41) is 2.27. The summed E-state index contributed by atoms with van der Waals surface area (Å²) in [5.41, 5.74) is 3.75. The molecular weight excluding hydrogens is 290 g/mol. The van der Waals surface area contributed by atoms with Crippen molar-refractivity contribution in [3.05, 3.63) is 29.3 Å². The number of anilines is 1. The molecule has 0 aliphatic carbocycles. The Morgan fingerprint density at radius 2 is 1.86 bits per heavy atom. The fourth-order valence-corrected chi connectivity index (χ4v) is 2.53. The van der Waals surface area contributed by atoms with Crippen LogP contribution in [0.5, 0.6) is 0 Å². The number of alkyl halides is 1. The topological polar surface area (TPSA) is 52.6 Å². The summed E-state index contributed by atoms with van der Waals surface area (Å²) in [4.78, 5) is 26.9. The van der Waals surface area contributed by atoms with Crippen LogP contribution >= 0.6 is 11.6 Å². The van der Waals surface area contributed by atoms with Gasteiger partial charge in [0.2, 0.25) is 5.91 Å². The van der Waals surface area contributed by atoms with Crippen LogP contribution in [-0.4, -0.2) is 48.9 Å². The molecule has 1 aliphatic heterocycles. The standard InChI is InChI=1S/C15H20ClN3O2/c1-11-4-3-5-13(12(11)2)18-6-8-19(9-7-18)15(21)17-14(20)10-16/h3-5H,6-10H2,1-2H3,(H,17,20,21). The number of hydrogen-bond acceptors (Lipinski definition) is 3. The third kappa shape index (κ3) is 3.67. The van der Waals surface area contributed by atoms with E-state index in [0.29, 0.717) is 13.1 Å². The van der Waals surface area contributed by atoms with Crippen molar-refractivity contribution in [2.75, 3.05) is 37.0 Å². The van der Waals surface area contributed by atoms with E-state index >= 15 is 0 Å². The van der Waals surface area contributed by atoms with Crippen molar-refractivity contribution in [1.82, 2.24) is 10.2 Å². The fraction of sp³-hybridized carbons (Fsp3) is 0.467. The van der Waals surface area contributed by atoms with Crippen LogP contribution in [0.4, 0.5) is 10.5 Å². The van der Waals surface area contributed by atoms with E-state index in [2.05, 4.69) is 42.3 Å². The van der Waals surface area contributed by atoms with Gasteiger partial charge in [0.1, 0.15) is 5.88 Å². The molecule has 1 aliphatic rings. The third-order valence-electron chi connectivity index (χ3n) is 3.85. The molecule has 21 heavy (non-hydrogen) atoms. The van der Waals surface area contributed by atoms with Gasteiger partial charge in [-0.15, -0.1) is 11.6 Å². The number of amides is 3. The number of hydrogen-bond donors (Lipinski definition) is 1. The lowest BCUT2D eigenvalue weighted by Gasteiger charge is -2.36. The number of piperazine rings is 1. The van der Waals surface area contributed by atoms with Gasteiger partial charge >= 0.3 is 6.03 Å². The van der Waals surface area contributed by atoms with E-state index in [9.17, 15) is 9.59 Å². The zero-order valence-corrected chi connectivity index (χ0v) is 13.1. The zero-order chi connectivity index (χ0) is 15.4. The highest BCUT2D eigenvalue weighted by Gasteiger charge is 2.23. The number of carbonyl (C=O) groups is 2. The molecule has 114 valence electrons. The summed E-state index contributed by atoms with van der Waals surface area (Å²) < 4.78 is 0. The third-order valence-corrected chi connectivity index (χ3v) is 4.09. The maximum atomic E-state index is 11.8. The van der Waals surface area contributed by atoms with Crippen molar-refractivity contribution in [1.29, 1.82) is 0 Å². The maximum Gasteiger partial charge on any atom is 0.324 e. The molecule has 1 saturated heterocycles. The second-order valence-electron chi connectivity index (χ2n) is 5.18. The number of nitrogens with one attached hydrogen (secondary N) is 1. The first-order valence-corrected chi connectivity index (χ1v) is 7.52. The van der Waals surface area contributed by atoms with Crippen molar-refractivity contribution in [3.63, 3.8) is 0 Å². The predicted octanol–water partition coefficient (Wildman–Crippen LogP) is 1.90. The molecule has 5 nitrogen and oxygen atoms in total. The molecule has 1 aromatic rings. The predicted molar refractivity (Wildman–Crippen MR) is 84.0 cm³/mol. The minimum atomic E-state index is -0.460. The first-order valence-electron chi connectivity index (χ1n) is 6.99. The van der Waals surface area contributed by atoms with Crippen molar-refractivity contribution in [2.45, 2.75) is 13.8 Å². The van der Waals surface area contributed by atoms with E-state index in [1.165, 1.54) is 16.8 Å². The summed E-state index contributed by atoms with van der Waals surface area (Å²) in [7, 11) is 0. The number of aryl methyl sites for hydroxylation is 1. The summed E-state index contributed by atoms with van der Waals surface area (Å²) >= 11 is 5.38. The van der Waals surface area contributed by atoms with Crippen LogP contribution < -0.4 is 10.2 Å². The molecule has 6 heteroatoms. The molecule has 0 unspecified atom stereocenters. The Morgan fingerprint density at radius 3 is 2.48 bits per heavy atom. The summed E-state index contributed by atoms with van der Waals surface area (Å²) in [6.45, 7) is 6.91. The highest BCUT2D eigenvalue weighted by molar-refractivity contribution is 6.28. The first-order chi connectivity index (χ1) is 10.0. The van der Waals surface area contributed by atoms with Gasteiger partial charge in [-0.05, 0) is 31.0 Å². The van der Waals surface area contributed by atoms with Crippen molar-refractivity contribution in [2.24, 2.45) is 0 Å². The van der Waals surface area contributed by atoms with Gasteiger partial charge in [0.25, 0.3) is 0 Å². The van der Waals surface area contributed by atoms with Crippen LogP contribution in [0.2, 0.25) is 0 Å². The van der Waals surface area contributed by atoms with Crippen LogP contribution in [0.3, 0.4) is 0 Å². The van der Waals surface area contributed by atoms with Crippen LogP contribution in [0.1, 0.15) is 11.1 Å². The highest BCUT2D eigenvalue weighted by Crippen LogP contribution is 2.23. The molecule has 0 aromatic heterocycles. The molecule has 3 amide bonds. The normalized spacial score (nSPS) is 15.0. The summed E-state index contributed by atoms with van der Waals surface area (Å²) in [6, 6.07) is 5.90. The fourth-order valence-electron chi connectivity index (χ4n) is 2.46. The summed E-state index contributed by atoms with van der Waals surface area (Å²) in [6.07, 6.45) is 0. The maximum absolute atomic E-state index is 11.8. The molecule has 1 aromatic carbocycles. The van der Waals surface area contributed by atoms with Gasteiger partial charge in [-0.1, -0.05) is 12.1 Å². The van der Waals surface area contributed by atoms with Gasteiger partial charge in [-0.2, -0.15) is 0 Å². The molecule has 1 heterocycles. The number of carbonyl (C=O) groups excluding carboxylic acids is 2. The Labute approximate surface area is 129 Å². The monoisotopic (exact) mass is 309 g/mol. The Kier molecular flexibility index (Phi) is 5.07. The van der Waals surface area contributed by atoms with Gasteiger partial charge in [0.15, 0.2) is 0 Å². The van der Waals surface area contributed by atoms with Gasteiger partial charge in [-0.25, -0.2) is 4.79 Å². The molecule has 0 radical (unpaired) electrons. The SMILES string of the molecule is Cc1cccc(N2CCN(C(=O)NC(=O)CCl)CC2)c1C. The van der Waals surface area contributed by atoms with Gasteiger partial charge < -0.3 is 9.80 Å². The minimum Gasteiger partial charge on any atom is -0.368 e. The quantitative estimate of drug-likeness (QED) is 0.849. The average Bonchev–Trinajstić information content (AvgIpc) is 2.50. The van der Waals surface area contributed by atoms with E-state index in [4.69, 9.17) is 11.6 Å². The minimum absolute atomic E-state index is 0.200. The number of halogens is 1. The molecule has 0 atom stereocenters. The van der Waals surface area contributed by atoms with Gasteiger partial charge in [0.05, 0.1) is 0 Å². The largest absolute Gasteiger partial charge is 0.368 e. The molecule has 1 N–H and O–H groups in total. The lowest BCUT2D eigenvalue weighted by Crippen LogP contribution is -2.53. The first kappa shape index (κ1) is 15.6. The lowest BCUT2D eigenvalue weighted by molar-refractivity contribution is -0.117. The molecular formula is C15H20ClN3O2. The van der Waals surface area contributed by atoms with E-state index in [1.807, 2.05) is 0 Å². The number of rotatable bonds is 2. The van der Waals surface area contributed by atoms with Crippen LogP contribution in [0.25, 0.3) is 0 Å². The Bertz CT molecular complexity index is 540. The summed E-state index contributed by atoms with van der Waals surface area (Å²) in [5.74, 6) is -0.660. The van der Waals surface area contributed by atoms with E-state index < -0.39 is 5.91 Å². The number of urea groups is 1. The Hall–Kier alpha value is -1.75. The highest BCUT2D eigenvalue weighted by atomic mass is 35.5. The second kappa shape index (κ2) is 6.80. The van der Waals surface area contributed by atoms with Gasteiger partial charge in [0, 0.05) is 31.9 Å². The van der Waals surface area contributed by atoms with Crippen LogP contribution in [0.15, 0.2) is 18.2 Å². The lowest BCUT2D eigenvalue weighted by atomic mass is 10.1. The Balaban J connectivity index is 1.95. The second-order valence-corrected chi connectivity index (χ2v) is 5.45. The van der Waals surface area contributed by atoms with Gasteiger partial charge in [-0.3, -0.25) is 10.1 Å². The number of nitrogens with zero attached hydrogens (tertiary/aromatic N) is 2. The average molecular weight is 310 g/mol. The molecule has 0 bridgehead atoms. The number of benzene rings is 1. The van der Waals surface area contributed by atoms with Crippen LogP contribution in [0, 0.1) is 13.8 Å². The molecule has 0 saturated carbocycles. The van der Waals surface area contributed by atoms with Crippen molar-refractivity contribution < 1.29 is 9.59 Å². The molecule has 1 fully saturated rings. The zero-order valence-electron chi connectivity index (χ0n) is 12.4. The van der Waals surface area contributed by atoms with Crippen molar-refractivity contribution >= 4 is 29.2 Å². The van der Waals surface area contributed by atoms with E-state index in [0.717, 1.165) is 13.1 Å². The van der Waals surface area contributed by atoms with E-state index in [-0.39, 0.29) is 11.9 Å². The van der Waals surface area contributed by atoms with E-state index in [1.54, 1.807) is 4.90 Å². The van der Waals surface area contributed by atoms with Crippen molar-refractivity contribution in [3.8, 4) is 0 Å².